The van der Waals surface area contributed by atoms with Crippen LogP contribution in [0.25, 0.3) is 10.8 Å². The van der Waals surface area contributed by atoms with E-state index < -0.39 is 5.97 Å². The number of fused-ring (bicyclic) bond motifs is 1. The van der Waals surface area contributed by atoms with Crippen molar-refractivity contribution in [2.45, 2.75) is 32.1 Å². The van der Waals surface area contributed by atoms with Crippen molar-refractivity contribution < 1.29 is 14.6 Å². The maximum Gasteiger partial charge on any atom is 0.354 e. The molecule has 0 unspecified atom stereocenters. The Labute approximate surface area is 123 Å². The minimum absolute atomic E-state index is 0.0346. The van der Waals surface area contributed by atoms with Crippen molar-refractivity contribution in [2.75, 3.05) is 6.61 Å². The summed E-state index contributed by atoms with van der Waals surface area (Å²) in [6, 6.07) is 9.20. The van der Waals surface area contributed by atoms with Gasteiger partial charge in [-0.15, -0.1) is 0 Å². The third kappa shape index (κ3) is 3.15. The predicted octanol–water partition coefficient (Wildman–Crippen LogP) is 3.89. The fourth-order valence-corrected chi connectivity index (χ4v) is 2.94. The van der Waals surface area contributed by atoms with Gasteiger partial charge in [0.05, 0.1) is 6.61 Å². The molecule has 1 aromatic carbocycles. The highest BCUT2D eigenvalue weighted by atomic mass is 16.5. The number of carboxylic acid groups (broad SMARTS) is 1. The van der Waals surface area contributed by atoms with Gasteiger partial charge in [-0.25, -0.2) is 9.78 Å². The number of hydrogen-bond donors (Lipinski definition) is 1. The number of rotatable bonds is 4. The highest BCUT2D eigenvalue weighted by Gasteiger charge is 2.16. The molecule has 1 aromatic heterocycles. The first-order valence-electron chi connectivity index (χ1n) is 7.50. The average Bonchev–Trinajstić information content (AvgIpc) is 2.53. The number of aromatic carboxylic acids is 1. The Morgan fingerprint density at radius 1 is 1.24 bits per heavy atom. The summed E-state index contributed by atoms with van der Waals surface area (Å²) < 4.78 is 5.88. The van der Waals surface area contributed by atoms with Crippen LogP contribution < -0.4 is 4.74 Å². The second-order valence-corrected chi connectivity index (χ2v) is 5.65. The predicted molar refractivity (Wildman–Crippen MR) is 80.8 cm³/mol. The van der Waals surface area contributed by atoms with Crippen molar-refractivity contribution in [2.24, 2.45) is 5.92 Å². The Balaban J connectivity index is 1.86. The molecular weight excluding hydrogens is 266 g/mol. The van der Waals surface area contributed by atoms with E-state index in [0.717, 1.165) is 10.8 Å². The van der Waals surface area contributed by atoms with E-state index in [0.29, 0.717) is 18.4 Å². The summed E-state index contributed by atoms with van der Waals surface area (Å²) >= 11 is 0. The number of aromatic nitrogens is 1. The molecule has 0 radical (unpaired) electrons. The lowest BCUT2D eigenvalue weighted by atomic mass is 9.90. The second-order valence-electron chi connectivity index (χ2n) is 5.65. The maximum absolute atomic E-state index is 11.2. The molecule has 1 aliphatic rings. The van der Waals surface area contributed by atoms with Gasteiger partial charge in [-0.2, -0.15) is 0 Å². The van der Waals surface area contributed by atoms with E-state index in [2.05, 4.69) is 4.98 Å². The highest BCUT2D eigenvalue weighted by Crippen LogP contribution is 2.28. The van der Waals surface area contributed by atoms with Gasteiger partial charge in [-0.3, -0.25) is 0 Å². The smallest absolute Gasteiger partial charge is 0.354 e. The van der Waals surface area contributed by atoms with Crippen LogP contribution in [0.4, 0.5) is 0 Å². The lowest BCUT2D eigenvalue weighted by Crippen LogP contribution is -2.16. The first-order valence-corrected chi connectivity index (χ1v) is 7.50. The molecule has 1 saturated carbocycles. The number of pyridine rings is 1. The Morgan fingerprint density at radius 3 is 2.76 bits per heavy atom. The van der Waals surface area contributed by atoms with Gasteiger partial charge in [0.25, 0.3) is 0 Å². The van der Waals surface area contributed by atoms with E-state index in [1.54, 1.807) is 6.07 Å². The molecule has 0 atom stereocenters. The Hall–Kier alpha value is -2.10. The number of nitrogens with zero attached hydrogens (tertiary/aromatic N) is 1. The molecular formula is C17H19NO3. The third-order valence-electron chi connectivity index (χ3n) is 4.11. The number of benzene rings is 1. The van der Waals surface area contributed by atoms with Gasteiger partial charge in [0.2, 0.25) is 5.88 Å². The summed E-state index contributed by atoms with van der Waals surface area (Å²) in [7, 11) is 0. The highest BCUT2D eigenvalue weighted by molar-refractivity contribution is 5.94. The summed E-state index contributed by atoms with van der Waals surface area (Å²) in [4.78, 5) is 15.3. The summed E-state index contributed by atoms with van der Waals surface area (Å²) in [6.07, 6.45) is 6.22. The van der Waals surface area contributed by atoms with Crippen LogP contribution in [-0.4, -0.2) is 22.7 Å². The molecule has 1 N–H and O–H groups in total. The van der Waals surface area contributed by atoms with Crippen molar-refractivity contribution in [1.29, 1.82) is 0 Å². The minimum Gasteiger partial charge on any atom is -0.477 e. The van der Waals surface area contributed by atoms with E-state index in [1.807, 2.05) is 24.3 Å². The quantitative estimate of drug-likeness (QED) is 0.925. The lowest BCUT2D eigenvalue weighted by Gasteiger charge is -2.21. The van der Waals surface area contributed by atoms with Crippen LogP contribution in [0.5, 0.6) is 5.88 Å². The van der Waals surface area contributed by atoms with Crippen LogP contribution in [0, 0.1) is 5.92 Å². The topological polar surface area (TPSA) is 59.4 Å². The second kappa shape index (κ2) is 6.12. The van der Waals surface area contributed by atoms with Crippen molar-refractivity contribution >= 4 is 16.7 Å². The zero-order chi connectivity index (χ0) is 14.7. The maximum atomic E-state index is 11.2. The molecule has 0 spiro atoms. The molecule has 0 amide bonds. The summed E-state index contributed by atoms with van der Waals surface area (Å²) in [6.45, 7) is 0.625. The number of carbonyl (C=O) groups is 1. The summed E-state index contributed by atoms with van der Waals surface area (Å²) in [5.41, 5.74) is 0.0346. The zero-order valence-electron chi connectivity index (χ0n) is 11.9. The monoisotopic (exact) mass is 285 g/mol. The van der Waals surface area contributed by atoms with Gasteiger partial charge in [0, 0.05) is 5.39 Å². The van der Waals surface area contributed by atoms with Crippen molar-refractivity contribution in [1.82, 2.24) is 4.98 Å². The van der Waals surface area contributed by atoms with E-state index in [9.17, 15) is 4.79 Å². The van der Waals surface area contributed by atoms with Gasteiger partial charge < -0.3 is 9.84 Å². The summed E-state index contributed by atoms with van der Waals surface area (Å²) in [5.74, 6) is -0.0212. The largest absolute Gasteiger partial charge is 0.477 e. The fraction of sp³-hybridized carbons (Fsp3) is 0.412. The van der Waals surface area contributed by atoms with Gasteiger partial charge >= 0.3 is 5.97 Å². The van der Waals surface area contributed by atoms with Gasteiger partial charge in [-0.05, 0) is 36.3 Å². The molecule has 4 nitrogen and oxygen atoms in total. The molecule has 0 aliphatic heterocycles. The van der Waals surface area contributed by atoms with Crippen LogP contribution in [0.3, 0.4) is 0 Å². The van der Waals surface area contributed by atoms with Crippen molar-refractivity contribution in [3.8, 4) is 5.88 Å². The zero-order valence-corrected chi connectivity index (χ0v) is 11.9. The lowest BCUT2D eigenvalue weighted by molar-refractivity contribution is 0.0689. The first-order chi connectivity index (χ1) is 10.2. The Bertz CT molecular complexity index is 648. The number of ether oxygens (including phenoxy) is 1. The molecule has 2 aromatic rings. The number of carboxylic acids is 1. The van der Waals surface area contributed by atoms with Crippen LogP contribution >= 0.6 is 0 Å². The van der Waals surface area contributed by atoms with Gasteiger partial charge in [0.1, 0.15) is 0 Å². The standard InChI is InChI=1S/C17H19NO3/c19-17(20)15-10-13-8-4-5-9-14(13)16(18-15)21-11-12-6-2-1-3-7-12/h4-5,8-10,12H,1-3,6-7,11H2,(H,19,20). The first kappa shape index (κ1) is 13.9. The van der Waals surface area contributed by atoms with Gasteiger partial charge in [0.15, 0.2) is 5.69 Å². The van der Waals surface area contributed by atoms with E-state index >= 15 is 0 Å². The number of hydrogen-bond acceptors (Lipinski definition) is 3. The molecule has 1 heterocycles. The third-order valence-corrected chi connectivity index (χ3v) is 4.11. The minimum atomic E-state index is -1.02. The molecule has 0 saturated heterocycles. The molecule has 1 fully saturated rings. The Kier molecular flexibility index (Phi) is 4.04. The fourth-order valence-electron chi connectivity index (χ4n) is 2.94. The van der Waals surface area contributed by atoms with Crippen LogP contribution in [0.1, 0.15) is 42.6 Å². The SMILES string of the molecule is O=C(O)c1cc2ccccc2c(OCC2CCCCC2)n1. The molecule has 21 heavy (non-hydrogen) atoms. The normalized spacial score (nSPS) is 16.0. The molecule has 0 bridgehead atoms. The molecule has 4 heteroatoms. The van der Waals surface area contributed by atoms with E-state index in [1.165, 1.54) is 32.1 Å². The average molecular weight is 285 g/mol. The van der Waals surface area contributed by atoms with Crippen LogP contribution in [-0.2, 0) is 0 Å². The van der Waals surface area contributed by atoms with Gasteiger partial charge in [-0.1, -0.05) is 37.5 Å². The molecule has 1 aliphatic carbocycles. The van der Waals surface area contributed by atoms with Crippen LogP contribution in [0.2, 0.25) is 0 Å². The molecule has 3 rings (SSSR count). The van der Waals surface area contributed by atoms with Crippen molar-refractivity contribution in [3.05, 3.63) is 36.0 Å². The van der Waals surface area contributed by atoms with E-state index in [-0.39, 0.29) is 5.69 Å². The molecule has 110 valence electrons. The van der Waals surface area contributed by atoms with Crippen molar-refractivity contribution in [3.63, 3.8) is 0 Å². The Morgan fingerprint density at radius 2 is 2.00 bits per heavy atom. The van der Waals surface area contributed by atoms with Crippen LogP contribution in [0.15, 0.2) is 30.3 Å². The summed E-state index contributed by atoms with van der Waals surface area (Å²) in [5, 5.41) is 10.9. The van der Waals surface area contributed by atoms with E-state index in [4.69, 9.17) is 9.84 Å².